The molecule has 0 spiro atoms. The van der Waals surface area contributed by atoms with Crippen LogP contribution < -0.4 is 15.2 Å². The summed E-state index contributed by atoms with van der Waals surface area (Å²) < 4.78 is 7.44. The molecule has 0 aliphatic carbocycles. The molecule has 38 heavy (non-hydrogen) atoms. The lowest BCUT2D eigenvalue weighted by molar-refractivity contribution is -0.668. The van der Waals surface area contributed by atoms with Crippen LogP contribution in [0.25, 0.3) is 6.08 Å². The third-order valence-corrected chi connectivity index (χ3v) is 6.95. The zero-order valence-corrected chi connectivity index (χ0v) is 22.1. The Bertz CT molecular complexity index is 1320. The number of amides is 2. The molecule has 0 saturated carbocycles. The number of alkyl carbamates (subject to hydrolysis) is 1. The van der Waals surface area contributed by atoms with Crippen molar-refractivity contribution >= 4 is 29.4 Å². The maximum atomic E-state index is 13.6. The molecule has 2 amide bonds. The molecule has 194 valence electrons. The molecule has 6 nitrogen and oxygen atoms in total. The number of hydrogen-bond acceptors (Lipinski definition) is 4. The van der Waals surface area contributed by atoms with Crippen LogP contribution in [0.4, 0.5) is 4.79 Å². The van der Waals surface area contributed by atoms with Crippen LogP contribution in [-0.2, 0) is 36.0 Å². The normalized spacial score (nSPS) is 12.6. The summed E-state index contributed by atoms with van der Waals surface area (Å²) in [5, 5.41) is 9.02. The lowest BCUT2D eigenvalue weighted by Gasteiger charge is -2.22. The van der Waals surface area contributed by atoms with E-state index in [1.54, 1.807) is 11.3 Å². The van der Waals surface area contributed by atoms with Crippen LogP contribution in [0.1, 0.15) is 21.7 Å². The van der Waals surface area contributed by atoms with Crippen LogP contribution in [0.3, 0.4) is 0 Å². The fraction of sp³-hybridized carbons (Fsp3) is 0.194. The number of carbonyl (C=O) groups is 2. The molecule has 4 rings (SSSR count). The van der Waals surface area contributed by atoms with Crippen molar-refractivity contribution in [2.75, 3.05) is 0 Å². The van der Waals surface area contributed by atoms with Crippen LogP contribution in [-0.4, -0.2) is 24.1 Å². The largest absolute Gasteiger partial charge is 0.445 e. The molecule has 3 aromatic carbocycles. The van der Waals surface area contributed by atoms with Crippen molar-refractivity contribution in [2.24, 2.45) is 7.05 Å². The molecule has 0 bridgehead atoms. The van der Waals surface area contributed by atoms with Crippen LogP contribution in [0.5, 0.6) is 0 Å². The number of benzene rings is 3. The highest BCUT2D eigenvalue weighted by Crippen LogP contribution is 2.11. The molecule has 1 heterocycles. The van der Waals surface area contributed by atoms with Gasteiger partial charge in [0.15, 0.2) is 6.20 Å². The highest BCUT2D eigenvalue weighted by molar-refractivity contribution is 7.10. The van der Waals surface area contributed by atoms with Gasteiger partial charge in [0.25, 0.3) is 5.01 Å². The summed E-state index contributed by atoms with van der Waals surface area (Å²) in [5.74, 6) is -0.272. The summed E-state index contributed by atoms with van der Waals surface area (Å²) in [6.07, 6.45) is 6.35. The van der Waals surface area contributed by atoms with Crippen LogP contribution >= 0.6 is 11.3 Å². The Morgan fingerprint density at radius 2 is 1.42 bits per heavy atom. The number of nitrogens with one attached hydrogen (secondary N) is 2. The second-order valence-corrected chi connectivity index (χ2v) is 9.89. The van der Waals surface area contributed by atoms with Gasteiger partial charge in [-0.1, -0.05) is 108 Å². The van der Waals surface area contributed by atoms with E-state index in [1.807, 2.05) is 126 Å². The van der Waals surface area contributed by atoms with Crippen molar-refractivity contribution in [2.45, 2.75) is 31.5 Å². The van der Waals surface area contributed by atoms with E-state index < -0.39 is 12.1 Å². The Balaban J connectivity index is 1.48. The third-order valence-electron chi connectivity index (χ3n) is 6.02. The van der Waals surface area contributed by atoms with E-state index in [9.17, 15) is 9.59 Å². The van der Waals surface area contributed by atoms with E-state index >= 15 is 0 Å². The van der Waals surface area contributed by atoms with Gasteiger partial charge in [0.2, 0.25) is 5.91 Å². The Hall–Kier alpha value is -4.23. The molecule has 0 aliphatic rings. The van der Waals surface area contributed by atoms with Crippen molar-refractivity contribution in [3.63, 3.8) is 0 Å². The van der Waals surface area contributed by atoms with Gasteiger partial charge >= 0.3 is 6.09 Å². The second-order valence-electron chi connectivity index (χ2n) is 8.96. The van der Waals surface area contributed by atoms with Gasteiger partial charge in [0.1, 0.15) is 19.7 Å². The van der Waals surface area contributed by atoms with Gasteiger partial charge in [-0.15, -0.1) is 0 Å². The number of nitrogens with zero attached hydrogens (tertiary/aromatic N) is 1. The number of hydrogen-bond donors (Lipinski definition) is 2. The first-order valence-corrected chi connectivity index (χ1v) is 13.4. The first-order chi connectivity index (χ1) is 18.6. The predicted molar refractivity (Wildman–Crippen MR) is 150 cm³/mol. The fourth-order valence-corrected chi connectivity index (χ4v) is 4.76. The maximum Gasteiger partial charge on any atom is 0.408 e. The number of aryl methyl sites for hydroxylation is 1. The second kappa shape index (κ2) is 13.9. The topological polar surface area (TPSA) is 71.3 Å². The number of aromatic nitrogens is 1. The van der Waals surface area contributed by atoms with Gasteiger partial charge in [-0.2, -0.15) is 4.57 Å². The molecule has 0 saturated heterocycles. The summed E-state index contributed by atoms with van der Waals surface area (Å²) in [6.45, 7) is 0.129. The van der Waals surface area contributed by atoms with Crippen molar-refractivity contribution in [1.29, 1.82) is 0 Å². The number of thiazole rings is 1. The fourth-order valence-electron chi connectivity index (χ4n) is 3.99. The van der Waals surface area contributed by atoms with Crippen molar-refractivity contribution in [3.05, 3.63) is 130 Å². The molecule has 2 N–H and O–H groups in total. The first-order valence-electron chi connectivity index (χ1n) is 12.5. The SMILES string of the molecule is C[n+]1ccsc1C=CC(Cc1ccccc1)NC(=O)C(Cc1ccccc1)NC(=O)OCc1ccccc1. The Kier molecular flexibility index (Phi) is 9.82. The summed E-state index contributed by atoms with van der Waals surface area (Å²) in [5.41, 5.74) is 2.92. The van der Waals surface area contributed by atoms with Gasteiger partial charge < -0.3 is 15.4 Å². The van der Waals surface area contributed by atoms with Crippen molar-refractivity contribution in [1.82, 2.24) is 10.6 Å². The summed E-state index contributed by atoms with van der Waals surface area (Å²) >= 11 is 1.63. The summed E-state index contributed by atoms with van der Waals surface area (Å²) in [6, 6.07) is 28.0. The molecule has 0 aliphatic heterocycles. The summed E-state index contributed by atoms with van der Waals surface area (Å²) in [4.78, 5) is 26.3. The number of rotatable bonds is 11. The van der Waals surface area contributed by atoms with E-state index in [4.69, 9.17) is 4.74 Å². The van der Waals surface area contributed by atoms with E-state index in [-0.39, 0.29) is 18.6 Å². The molecule has 2 atom stereocenters. The molecule has 4 aromatic rings. The quantitative estimate of drug-likeness (QED) is 0.275. The van der Waals surface area contributed by atoms with Crippen molar-refractivity contribution < 1.29 is 18.9 Å². The van der Waals surface area contributed by atoms with Gasteiger partial charge in [-0.25, -0.2) is 4.79 Å². The lowest BCUT2D eigenvalue weighted by atomic mass is 10.0. The van der Waals surface area contributed by atoms with Gasteiger partial charge in [-0.05, 0) is 23.1 Å². The molecular weight excluding hydrogens is 494 g/mol. The van der Waals surface area contributed by atoms with Gasteiger partial charge in [0.05, 0.1) is 11.4 Å². The average Bonchev–Trinajstić information content (AvgIpc) is 3.36. The Morgan fingerprint density at radius 1 is 0.842 bits per heavy atom. The predicted octanol–water partition coefficient (Wildman–Crippen LogP) is 4.85. The highest BCUT2D eigenvalue weighted by atomic mass is 32.1. The number of ether oxygens (including phenoxy) is 1. The molecule has 0 fully saturated rings. The smallest absolute Gasteiger partial charge is 0.408 e. The number of carbonyl (C=O) groups excluding carboxylic acids is 2. The van der Waals surface area contributed by atoms with E-state index in [2.05, 4.69) is 10.6 Å². The average molecular weight is 527 g/mol. The molecule has 0 radical (unpaired) electrons. The Morgan fingerprint density at radius 3 is 2.00 bits per heavy atom. The monoisotopic (exact) mass is 526 g/mol. The van der Waals surface area contributed by atoms with Gasteiger partial charge in [-0.3, -0.25) is 4.79 Å². The summed E-state index contributed by atoms with van der Waals surface area (Å²) in [7, 11) is 1.99. The molecule has 1 aromatic heterocycles. The maximum absolute atomic E-state index is 13.6. The standard InChI is InChI=1S/C31H31N3O3S/c1-34-19-20-38-29(34)18-17-27(21-24-11-5-2-6-12-24)32-30(35)28(22-25-13-7-3-8-14-25)33-31(36)37-23-26-15-9-4-10-16-26/h2-20,27-28H,21-23H2,1H3,(H-,32,33,35,36)/p+1. The minimum atomic E-state index is -0.801. The zero-order chi connectivity index (χ0) is 26.6. The molecule has 7 heteroatoms. The van der Waals surface area contributed by atoms with E-state index in [0.717, 1.165) is 21.7 Å². The Labute approximate surface area is 227 Å². The molecule has 2 unspecified atom stereocenters. The van der Waals surface area contributed by atoms with Crippen molar-refractivity contribution in [3.8, 4) is 0 Å². The minimum Gasteiger partial charge on any atom is -0.445 e. The van der Waals surface area contributed by atoms with E-state index in [0.29, 0.717) is 12.8 Å². The van der Waals surface area contributed by atoms with Gasteiger partial charge in [0, 0.05) is 12.5 Å². The highest BCUT2D eigenvalue weighted by Gasteiger charge is 2.24. The van der Waals surface area contributed by atoms with Crippen LogP contribution in [0.2, 0.25) is 0 Å². The first kappa shape index (κ1) is 26.8. The van der Waals surface area contributed by atoms with Crippen LogP contribution in [0.15, 0.2) is 109 Å². The van der Waals surface area contributed by atoms with E-state index in [1.165, 1.54) is 0 Å². The van der Waals surface area contributed by atoms with Crippen LogP contribution in [0, 0.1) is 0 Å². The zero-order valence-electron chi connectivity index (χ0n) is 21.3. The molecular formula is C31H32N3O3S+. The third kappa shape index (κ3) is 8.42. The minimum absolute atomic E-state index is 0.129. The lowest BCUT2D eigenvalue weighted by Crippen LogP contribution is -2.50.